The van der Waals surface area contributed by atoms with Gasteiger partial charge in [-0.2, -0.15) is 0 Å². The van der Waals surface area contributed by atoms with Gasteiger partial charge < -0.3 is 5.32 Å². The van der Waals surface area contributed by atoms with Crippen LogP contribution in [0.1, 0.15) is 6.92 Å². The van der Waals surface area contributed by atoms with Gasteiger partial charge in [0.25, 0.3) is 0 Å². The van der Waals surface area contributed by atoms with E-state index in [9.17, 15) is 13.2 Å². The lowest BCUT2D eigenvalue weighted by atomic mass is 10.0. The maximum Gasteiger partial charge on any atom is 0.216 e. The Hall–Kier alpha value is -0.620. The van der Waals surface area contributed by atoms with E-state index in [0.29, 0.717) is 19.6 Å². The van der Waals surface area contributed by atoms with Crippen LogP contribution >= 0.6 is 0 Å². The zero-order valence-corrected chi connectivity index (χ0v) is 8.60. The molecule has 0 aromatic rings. The van der Waals surface area contributed by atoms with Crippen LogP contribution in [0.25, 0.3) is 0 Å². The summed E-state index contributed by atoms with van der Waals surface area (Å²) in [4.78, 5) is 10.5. The highest BCUT2D eigenvalue weighted by Crippen LogP contribution is 2.17. The number of carbonyl (C=O) groups excluding carboxylic acids is 1. The molecule has 0 bridgehead atoms. The van der Waals surface area contributed by atoms with E-state index in [-0.39, 0.29) is 11.8 Å². The fourth-order valence-electron chi connectivity index (χ4n) is 1.21. The SMILES string of the molecule is CC(=O)NCC1CN(S(C)(=O)=O)C1. The number of hydrogen-bond donors (Lipinski definition) is 1. The van der Waals surface area contributed by atoms with Gasteiger partial charge in [0.15, 0.2) is 0 Å². The van der Waals surface area contributed by atoms with Gasteiger partial charge >= 0.3 is 0 Å². The second-order valence-electron chi connectivity index (χ2n) is 3.38. The number of nitrogens with one attached hydrogen (secondary N) is 1. The first-order chi connectivity index (χ1) is 5.89. The molecular formula is C7H14N2O3S. The summed E-state index contributed by atoms with van der Waals surface area (Å²) < 4.78 is 23.3. The number of rotatable bonds is 3. The van der Waals surface area contributed by atoms with Crippen LogP contribution in [0, 0.1) is 5.92 Å². The molecular weight excluding hydrogens is 192 g/mol. The highest BCUT2D eigenvalue weighted by atomic mass is 32.2. The van der Waals surface area contributed by atoms with Crippen molar-refractivity contribution >= 4 is 15.9 Å². The Bertz CT molecular complexity index is 293. The molecule has 13 heavy (non-hydrogen) atoms. The van der Waals surface area contributed by atoms with Gasteiger partial charge in [0.2, 0.25) is 15.9 Å². The molecule has 76 valence electrons. The summed E-state index contributed by atoms with van der Waals surface area (Å²) >= 11 is 0. The van der Waals surface area contributed by atoms with Crippen molar-refractivity contribution < 1.29 is 13.2 Å². The molecule has 1 heterocycles. The molecule has 0 saturated carbocycles. The topological polar surface area (TPSA) is 66.5 Å². The van der Waals surface area contributed by atoms with Crippen LogP contribution in [0.15, 0.2) is 0 Å². The zero-order valence-electron chi connectivity index (χ0n) is 7.78. The number of nitrogens with zero attached hydrogens (tertiary/aromatic N) is 1. The Morgan fingerprint density at radius 2 is 2.08 bits per heavy atom. The normalized spacial score (nSPS) is 19.5. The monoisotopic (exact) mass is 206 g/mol. The molecule has 1 N–H and O–H groups in total. The maximum absolute atomic E-state index is 10.9. The summed E-state index contributed by atoms with van der Waals surface area (Å²) in [7, 11) is -3.02. The van der Waals surface area contributed by atoms with Crippen molar-refractivity contribution in [2.45, 2.75) is 6.92 Å². The summed E-state index contributed by atoms with van der Waals surface area (Å²) in [5, 5.41) is 2.66. The van der Waals surface area contributed by atoms with Crippen LogP contribution in [-0.4, -0.2) is 44.5 Å². The first kappa shape index (κ1) is 10.5. The quantitative estimate of drug-likeness (QED) is 0.645. The van der Waals surface area contributed by atoms with E-state index < -0.39 is 10.0 Å². The minimum Gasteiger partial charge on any atom is -0.356 e. The lowest BCUT2D eigenvalue weighted by Gasteiger charge is -2.37. The van der Waals surface area contributed by atoms with Crippen molar-refractivity contribution in [2.75, 3.05) is 25.9 Å². The van der Waals surface area contributed by atoms with Gasteiger partial charge in [-0.15, -0.1) is 0 Å². The van der Waals surface area contributed by atoms with Crippen molar-refractivity contribution in [1.29, 1.82) is 0 Å². The van der Waals surface area contributed by atoms with Gasteiger partial charge in [-0.3, -0.25) is 4.79 Å². The average Bonchev–Trinajstić information content (AvgIpc) is 1.79. The van der Waals surface area contributed by atoms with Crippen LogP contribution in [0.3, 0.4) is 0 Å². The second kappa shape index (κ2) is 3.63. The second-order valence-corrected chi connectivity index (χ2v) is 5.37. The van der Waals surface area contributed by atoms with E-state index in [2.05, 4.69) is 5.32 Å². The highest BCUT2D eigenvalue weighted by molar-refractivity contribution is 7.88. The first-order valence-corrected chi connectivity index (χ1v) is 5.94. The molecule has 0 aromatic carbocycles. The number of hydrogen-bond acceptors (Lipinski definition) is 3. The Balaban J connectivity index is 2.23. The summed E-state index contributed by atoms with van der Waals surface area (Å²) in [6, 6.07) is 0. The fraction of sp³-hybridized carbons (Fsp3) is 0.857. The molecule has 5 nitrogen and oxygen atoms in total. The molecule has 1 aliphatic heterocycles. The Morgan fingerprint density at radius 3 is 2.46 bits per heavy atom. The third-order valence-corrected chi connectivity index (χ3v) is 3.27. The van der Waals surface area contributed by atoms with E-state index in [1.54, 1.807) is 0 Å². The summed E-state index contributed by atoms with van der Waals surface area (Å²) in [5.74, 6) is 0.205. The molecule has 0 atom stereocenters. The Kier molecular flexibility index (Phi) is 2.92. The molecule has 1 aliphatic rings. The van der Waals surface area contributed by atoms with Crippen molar-refractivity contribution in [2.24, 2.45) is 5.92 Å². The fourth-order valence-corrected chi connectivity index (χ4v) is 2.17. The van der Waals surface area contributed by atoms with Gasteiger partial charge in [0, 0.05) is 32.5 Å². The van der Waals surface area contributed by atoms with E-state index in [1.807, 2.05) is 0 Å². The summed E-state index contributed by atoms with van der Waals surface area (Å²) in [6.45, 7) is 3.08. The molecule has 1 saturated heterocycles. The number of amides is 1. The Morgan fingerprint density at radius 1 is 1.54 bits per heavy atom. The van der Waals surface area contributed by atoms with Crippen LogP contribution < -0.4 is 5.32 Å². The minimum absolute atomic E-state index is 0.0715. The number of carbonyl (C=O) groups is 1. The van der Waals surface area contributed by atoms with Crippen LogP contribution in [0.4, 0.5) is 0 Å². The zero-order chi connectivity index (χ0) is 10.1. The predicted molar refractivity (Wildman–Crippen MR) is 48.6 cm³/mol. The van der Waals surface area contributed by atoms with E-state index in [1.165, 1.54) is 17.5 Å². The van der Waals surface area contributed by atoms with Gasteiger partial charge in [-0.1, -0.05) is 0 Å². The molecule has 1 fully saturated rings. The van der Waals surface area contributed by atoms with Crippen molar-refractivity contribution in [3.63, 3.8) is 0 Å². The first-order valence-electron chi connectivity index (χ1n) is 4.09. The third kappa shape index (κ3) is 2.96. The molecule has 0 radical (unpaired) electrons. The van der Waals surface area contributed by atoms with Crippen molar-refractivity contribution in [1.82, 2.24) is 9.62 Å². The van der Waals surface area contributed by atoms with Crippen LogP contribution in [0.5, 0.6) is 0 Å². The molecule has 0 aromatic heterocycles. The standard InChI is InChI=1S/C7H14N2O3S/c1-6(10)8-3-7-4-9(5-7)13(2,11)12/h7H,3-5H2,1-2H3,(H,8,10). The average molecular weight is 206 g/mol. The smallest absolute Gasteiger partial charge is 0.216 e. The third-order valence-electron chi connectivity index (χ3n) is 2.03. The minimum atomic E-state index is -3.02. The van der Waals surface area contributed by atoms with E-state index in [0.717, 1.165) is 0 Å². The van der Waals surface area contributed by atoms with Gasteiger partial charge in [-0.25, -0.2) is 12.7 Å². The van der Waals surface area contributed by atoms with Crippen LogP contribution in [0.2, 0.25) is 0 Å². The molecule has 1 rings (SSSR count). The van der Waals surface area contributed by atoms with Gasteiger partial charge in [0.05, 0.1) is 6.26 Å². The van der Waals surface area contributed by atoms with Crippen molar-refractivity contribution in [3.05, 3.63) is 0 Å². The molecule has 0 unspecified atom stereocenters. The summed E-state index contributed by atoms with van der Waals surface area (Å²) in [5.41, 5.74) is 0. The molecule has 1 amide bonds. The highest BCUT2D eigenvalue weighted by Gasteiger charge is 2.32. The van der Waals surface area contributed by atoms with E-state index >= 15 is 0 Å². The lowest BCUT2D eigenvalue weighted by Crippen LogP contribution is -2.53. The van der Waals surface area contributed by atoms with Crippen LogP contribution in [-0.2, 0) is 14.8 Å². The predicted octanol–water partition coefficient (Wildman–Crippen LogP) is -0.986. The molecule has 0 aliphatic carbocycles. The van der Waals surface area contributed by atoms with Gasteiger partial charge in [0.1, 0.15) is 0 Å². The molecule has 0 spiro atoms. The lowest BCUT2D eigenvalue weighted by molar-refractivity contribution is -0.119. The molecule has 6 heteroatoms. The largest absolute Gasteiger partial charge is 0.356 e. The van der Waals surface area contributed by atoms with E-state index in [4.69, 9.17) is 0 Å². The summed E-state index contributed by atoms with van der Waals surface area (Å²) in [6.07, 6.45) is 1.20. The number of sulfonamides is 1. The maximum atomic E-state index is 10.9. The van der Waals surface area contributed by atoms with Crippen molar-refractivity contribution in [3.8, 4) is 0 Å². The van der Waals surface area contributed by atoms with Gasteiger partial charge in [-0.05, 0) is 0 Å². The Labute approximate surface area is 78.2 Å².